The second-order valence-corrected chi connectivity index (χ2v) is 6.37. The summed E-state index contributed by atoms with van der Waals surface area (Å²) in [5.74, 6) is -0.521. The summed E-state index contributed by atoms with van der Waals surface area (Å²) in [7, 11) is 0. The molecule has 1 aromatic heterocycles. The molecule has 0 aliphatic carbocycles. The third kappa shape index (κ3) is 3.68. The largest absolute Gasteiger partial charge is 0.344 e. The minimum atomic E-state index is -0.521. The first-order valence-electron chi connectivity index (χ1n) is 8.19. The highest BCUT2D eigenvalue weighted by Crippen LogP contribution is 2.20. The topological polar surface area (TPSA) is 64.0 Å². The maximum absolute atomic E-state index is 12.6. The highest BCUT2D eigenvalue weighted by atomic mass is 35.5. The molecule has 0 saturated carbocycles. The lowest BCUT2D eigenvalue weighted by Gasteiger charge is -2.15. The van der Waals surface area contributed by atoms with Crippen LogP contribution in [0.1, 0.15) is 34.7 Å². The van der Waals surface area contributed by atoms with Crippen LogP contribution in [0.4, 0.5) is 0 Å². The molecule has 0 fully saturated rings. The predicted molar refractivity (Wildman–Crippen MR) is 102 cm³/mol. The van der Waals surface area contributed by atoms with Gasteiger partial charge < -0.3 is 5.32 Å². The normalized spacial score (nSPS) is 11.8. The second kappa shape index (κ2) is 7.54. The minimum absolute atomic E-state index is 0.168. The van der Waals surface area contributed by atoms with Gasteiger partial charge in [0.2, 0.25) is 5.43 Å². The molecule has 1 N–H and O–H groups in total. The van der Waals surface area contributed by atoms with Crippen molar-refractivity contribution in [3.8, 4) is 5.69 Å². The molecule has 0 radical (unpaired) electrons. The number of hydrogen-bond acceptors (Lipinski definition) is 3. The van der Waals surface area contributed by atoms with E-state index in [1.54, 1.807) is 25.1 Å². The maximum Gasteiger partial charge on any atom is 0.276 e. The number of para-hydroxylation sites is 1. The summed E-state index contributed by atoms with van der Waals surface area (Å²) in [6.45, 7) is 3.60. The summed E-state index contributed by atoms with van der Waals surface area (Å²) in [4.78, 5) is 24.9. The highest BCUT2D eigenvalue weighted by Gasteiger charge is 2.18. The molecule has 26 heavy (non-hydrogen) atoms. The van der Waals surface area contributed by atoms with Gasteiger partial charge in [0.05, 0.1) is 16.8 Å². The number of carbonyl (C=O) groups is 1. The van der Waals surface area contributed by atoms with E-state index in [2.05, 4.69) is 10.4 Å². The van der Waals surface area contributed by atoms with E-state index in [4.69, 9.17) is 11.6 Å². The summed E-state index contributed by atoms with van der Waals surface area (Å²) in [6.07, 6.45) is 0. The first-order chi connectivity index (χ1) is 12.5. The smallest absolute Gasteiger partial charge is 0.276 e. The summed E-state index contributed by atoms with van der Waals surface area (Å²) in [5, 5.41) is 7.56. The summed E-state index contributed by atoms with van der Waals surface area (Å²) in [5.41, 5.74) is 1.55. The van der Waals surface area contributed by atoms with Crippen LogP contribution in [-0.2, 0) is 0 Å². The summed E-state index contributed by atoms with van der Waals surface area (Å²) in [6, 6.07) is 17.8. The van der Waals surface area contributed by atoms with E-state index in [1.165, 1.54) is 10.7 Å². The first kappa shape index (κ1) is 17.9. The van der Waals surface area contributed by atoms with Crippen LogP contribution >= 0.6 is 11.6 Å². The number of halogens is 1. The van der Waals surface area contributed by atoms with Crippen LogP contribution < -0.4 is 10.7 Å². The molecule has 5 nitrogen and oxygen atoms in total. The van der Waals surface area contributed by atoms with Gasteiger partial charge >= 0.3 is 0 Å². The van der Waals surface area contributed by atoms with Crippen molar-refractivity contribution in [2.24, 2.45) is 0 Å². The Morgan fingerprint density at radius 3 is 2.46 bits per heavy atom. The van der Waals surface area contributed by atoms with Crippen molar-refractivity contribution in [3.63, 3.8) is 0 Å². The second-order valence-electron chi connectivity index (χ2n) is 5.97. The van der Waals surface area contributed by atoms with Crippen molar-refractivity contribution in [3.05, 3.63) is 92.9 Å². The molecule has 0 saturated heterocycles. The number of aryl methyl sites for hydroxylation is 1. The fraction of sp³-hybridized carbons (Fsp3) is 0.150. The third-order valence-corrected chi connectivity index (χ3v) is 4.37. The lowest BCUT2D eigenvalue weighted by Crippen LogP contribution is -2.33. The van der Waals surface area contributed by atoms with E-state index in [1.807, 2.05) is 43.3 Å². The van der Waals surface area contributed by atoms with Gasteiger partial charge in [0.25, 0.3) is 5.91 Å². The molecule has 0 bridgehead atoms. The number of nitrogens with one attached hydrogen (secondary N) is 1. The van der Waals surface area contributed by atoms with Gasteiger partial charge in [-0.25, -0.2) is 4.68 Å². The van der Waals surface area contributed by atoms with Crippen molar-refractivity contribution < 1.29 is 4.79 Å². The number of nitrogens with zero attached hydrogens (tertiary/aromatic N) is 2. The maximum atomic E-state index is 12.6. The Morgan fingerprint density at radius 1 is 1.12 bits per heavy atom. The van der Waals surface area contributed by atoms with Gasteiger partial charge in [-0.1, -0.05) is 54.1 Å². The number of carbonyl (C=O) groups excluding carboxylic acids is 1. The number of benzene rings is 2. The number of hydrogen-bond donors (Lipinski definition) is 1. The lowest BCUT2D eigenvalue weighted by molar-refractivity contribution is 0.0932. The molecule has 0 spiro atoms. The molecular formula is C20H18ClN3O2. The number of amides is 1. The van der Waals surface area contributed by atoms with Crippen molar-refractivity contribution >= 4 is 17.5 Å². The molecule has 3 aromatic rings. The van der Waals surface area contributed by atoms with Crippen LogP contribution in [0.3, 0.4) is 0 Å². The average molecular weight is 368 g/mol. The SMILES string of the molecule is Cc1cc(=O)c(C(=O)NC(C)c2ccccc2)nn1-c1ccccc1Cl. The molecule has 0 aliphatic heterocycles. The molecular weight excluding hydrogens is 350 g/mol. The van der Waals surface area contributed by atoms with E-state index >= 15 is 0 Å². The Balaban J connectivity index is 1.95. The molecule has 0 aliphatic rings. The zero-order valence-corrected chi connectivity index (χ0v) is 15.2. The Hall–Kier alpha value is -2.92. The van der Waals surface area contributed by atoms with Crippen molar-refractivity contribution in [1.82, 2.24) is 15.1 Å². The Morgan fingerprint density at radius 2 is 1.77 bits per heavy atom. The van der Waals surface area contributed by atoms with Crippen LogP contribution in [0.5, 0.6) is 0 Å². The molecule has 1 unspecified atom stereocenters. The van der Waals surface area contributed by atoms with Crippen molar-refractivity contribution in [2.45, 2.75) is 19.9 Å². The van der Waals surface area contributed by atoms with E-state index in [0.29, 0.717) is 16.4 Å². The van der Waals surface area contributed by atoms with Gasteiger partial charge in [-0.05, 0) is 31.5 Å². The Bertz CT molecular complexity index is 999. The van der Waals surface area contributed by atoms with E-state index in [0.717, 1.165) is 5.56 Å². The van der Waals surface area contributed by atoms with Gasteiger partial charge in [0.1, 0.15) is 0 Å². The Labute approximate surface area is 156 Å². The van der Waals surface area contributed by atoms with Gasteiger partial charge in [-0.15, -0.1) is 0 Å². The average Bonchev–Trinajstić information content (AvgIpc) is 2.63. The fourth-order valence-corrected chi connectivity index (χ4v) is 2.88. The lowest BCUT2D eigenvalue weighted by atomic mass is 10.1. The minimum Gasteiger partial charge on any atom is -0.344 e. The van der Waals surface area contributed by atoms with Gasteiger partial charge in [-0.3, -0.25) is 9.59 Å². The van der Waals surface area contributed by atoms with Crippen molar-refractivity contribution in [2.75, 3.05) is 0 Å². The molecule has 2 aromatic carbocycles. The van der Waals surface area contributed by atoms with E-state index in [9.17, 15) is 9.59 Å². The van der Waals surface area contributed by atoms with Crippen LogP contribution in [0.2, 0.25) is 5.02 Å². The summed E-state index contributed by atoms with van der Waals surface area (Å²) < 4.78 is 1.51. The number of rotatable bonds is 4. The zero-order valence-electron chi connectivity index (χ0n) is 14.4. The molecule has 1 atom stereocenters. The van der Waals surface area contributed by atoms with Crippen LogP contribution in [0, 0.1) is 6.92 Å². The van der Waals surface area contributed by atoms with Crippen LogP contribution in [-0.4, -0.2) is 15.7 Å². The van der Waals surface area contributed by atoms with Crippen LogP contribution in [0.25, 0.3) is 5.69 Å². The van der Waals surface area contributed by atoms with Crippen LogP contribution in [0.15, 0.2) is 65.5 Å². The fourth-order valence-electron chi connectivity index (χ4n) is 2.66. The number of aromatic nitrogens is 2. The predicted octanol–water partition coefficient (Wildman–Crippen LogP) is 3.69. The van der Waals surface area contributed by atoms with E-state index in [-0.39, 0.29) is 11.7 Å². The highest BCUT2D eigenvalue weighted by molar-refractivity contribution is 6.32. The zero-order chi connectivity index (χ0) is 18.7. The molecule has 1 amide bonds. The first-order valence-corrected chi connectivity index (χ1v) is 8.57. The third-order valence-electron chi connectivity index (χ3n) is 4.05. The Kier molecular flexibility index (Phi) is 5.19. The summed E-state index contributed by atoms with van der Waals surface area (Å²) >= 11 is 6.23. The molecule has 3 rings (SSSR count). The van der Waals surface area contributed by atoms with Crippen molar-refractivity contribution in [1.29, 1.82) is 0 Å². The monoisotopic (exact) mass is 367 g/mol. The quantitative estimate of drug-likeness (QED) is 0.765. The van der Waals surface area contributed by atoms with Gasteiger partial charge in [0.15, 0.2) is 5.69 Å². The van der Waals surface area contributed by atoms with Gasteiger partial charge in [0, 0.05) is 11.8 Å². The standard InChI is InChI=1S/C20H18ClN3O2/c1-13-12-18(25)19(23-24(13)17-11-7-6-10-16(17)21)20(26)22-14(2)15-8-4-3-5-9-15/h3-12,14H,1-2H3,(H,22,26). The van der Waals surface area contributed by atoms with E-state index < -0.39 is 11.3 Å². The van der Waals surface area contributed by atoms with Gasteiger partial charge in [-0.2, -0.15) is 5.10 Å². The molecule has 132 valence electrons. The molecule has 6 heteroatoms. The molecule has 1 heterocycles.